The molecule has 0 fully saturated rings. The summed E-state index contributed by atoms with van der Waals surface area (Å²) in [7, 11) is -9.16. The van der Waals surface area contributed by atoms with Crippen LogP contribution < -0.4 is 0 Å². The Hall–Kier alpha value is -1.22. The zero-order valence-corrected chi connectivity index (χ0v) is 13.1. The molecule has 0 radical (unpaired) electrons. The van der Waals surface area contributed by atoms with Crippen molar-refractivity contribution >= 4 is 20.2 Å². The summed E-state index contributed by atoms with van der Waals surface area (Å²) < 4.78 is 64.3. The van der Waals surface area contributed by atoms with Crippen LogP contribution in [0.1, 0.15) is 0 Å². The van der Waals surface area contributed by atoms with Crippen LogP contribution in [0.2, 0.25) is 0 Å². The Morgan fingerprint density at radius 3 is 1.24 bits per heavy atom. The zero-order chi connectivity index (χ0) is 15.0. The Kier molecular flexibility index (Phi) is 5.32. The molecule has 0 saturated carbocycles. The zero-order valence-electron chi connectivity index (χ0n) is 9.94. The molecule has 0 amide bonds. The van der Waals surface area contributed by atoms with Crippen molar-refractivity contribution in [2.45, 2.75) is 9.79 Å². The van der Waals surface area contributed by atoms with Crippen LogP contribution in [0.15, 0.2) is 46.5 Å². The van der Waals surface area contributed by atoms with Gasteiger partial charge in [-0.25, -0.2) is 16.8 Å². The van der Waals surface area contributed by atoms with Gasteiger partial charge in [-0.1, -0.05) is 0 Å². The van der Waals surface area contributed by atoms with Crippen molar-refractivity contribution in [2.75, 3.05) is 0 Å². The van der Waals surface area contributed by atoms with Crippen molar-refractivity contribution < 1.29 is 46.4 Å². The van der Waals surface area contributed by atoms with Crippen LogP contribution in [0.3, 0.4) is 0 Å². The van der Waals surface area contributed by atoms with Crippen LogP contribution in [0.5, 0.6) is 0 Å². The molecule has 8 nitrogen and oxygen atoms in total. The number of aromatic nitrogens is 2. The Morgan fingerprint density at radius 2 is 1.05 bits per heavy atom. The van der Waals surface area contributed by atoms with Gasteiger partial charge in [0.05, 0.1) is 21.2 Å². The molecular formula is C10H6N2O6PdS2-2. The third-order valence-electron chi connectivity index (χ3n) is 2.31. The fourth-order valence-electron chi connectivity index (χ4n) is 1.36. The molecule has 0 aromatic carbocycles. The molecule has 0 aliphatic heterocycles. The van der Waals surface area contributed by atoms with E-state index in [2.05, 4.69) is 9.97 Å². The normalized spacial score (nSPS) is 11.7. The van der Waals surface area contributed by atoms with E-state index in [9.17, 15) is 25.9 Å². The number of pyridine rings is 2. The van der Waals surface area contributed by atoms with E-state index in [1.165, 1.54) is 12.1 Å². The van der Waals surface area contributed by atoms with E-state index in [0.717, 1.165) is 24.5 Å². The summed E-state index contributed by atoms with van der Waals surface area (Å²) >= 11 is 0. The molecule has 21 heavy (non-hydrogen) atoms. The fourth-order valence-corrected chi connectivity index (χ4v) is 2.19. The van der Waals surface area contributed by atoms with Gasteiger partial charge in [0.1, 0.15) is 20.2 Å². The van der Waals surface area contributed by atoms with Crippen LogP contribution in [0.4, 0.5) is 0 Å². The molecular weight excluding hydrogens is 415 g/mol. The summed E-state index contributed by atoms with van der Waals surface area (Å²) in [4.78, 5) is 6.50. The summed E-state index contributed by atoms with van der Waals surface area (Å²) in [5.74, 6) is 0. The summed E-state index contributed by atoms with van der Waals surface area (Å²) in [5.41, 5.74) is 0.458. The molecule has 2 heterocycles. The first-order valence-electron chi connectivity index (χ1n) is 5.02. The van der Waals surface area contributed by atoms with E-state index in [1.807, 2.05) is 0 Å². The SMILES string of the molecule is O=S(=O)([O-])c1ccc(-c2ccc(S(=O)(=O)[O-])cn2)nc1.[Pd]. The molecule has 116 valence electrons. The molecule has 2 aromatic heterocycles. The molecule has 2 rings (SSSR count). The second-order valence-electron chi connectivity index (χ2n) is 3.67. The van der Waals surface area contributed by atoms with Gasteiger partial charge in [-0.2, -0.15) is 0 Å². The largest absolute Gasteiger partial charge is 0.744 e. The number of hydrogen-bond donors (Lipinski definition) is 0. The maximum atomic E-state index is 10.7. The monoisotopic (exact) mass is 420 g/mol. The van der Waals surface area contributed by atoms with Gasteiger partial charge >= 0.3 is 0 Å². The third-order valence-corrected chi connectivity index (χ3v) is 3.95. The topological polar surface area (TPSA) is 140 Å². The minimum absolute atomic E-state index is 0. The Bertz CT molecular complexity index is 759. The van der Waals surface area contributed by atoms with Gasteiger partial charge in [0.15, 0.2) is 0 Å². The van der Waals surface area contributed by atoms with E-state index in [1.54, 1.807) is 0 Å². The van der Waals surface area contributed by atoms with Crippen LogP contribution in [-0.4, -0.2) is 35.9 Å². The smallest absolute Gasteiger partial charge is 0.125 e. The molecule has 0 unspecified atom stereocenters. The van der Waals surface area contributed by atoms with Gasteiger partial charge in [-0.3, -0.25) is 9.97 Å². The number of hydrogen-bond acceptors (Lipinski definition) is 8. The first-order chi connectivity index (χ1) is 9.18. The average molecular weight is 421 g/mol. The van der Waals surface area contributed by atoms with Crippen molar-refractivity contribution in [3.05, 3.63) is 36.7 Å². The van der Waals surface area contributed by atoms with E-state index in [0.29, 0.717) is 0 Å². The van der Waals surface area contributed by atoms with Gasteiger partial charge in [0.25, 0.3) is 0 Å². The molecule has 0 aliphatic carbocycles. The van der Waals surface area contributed by atoms with Crippen LogP contribution in [-0.2, 0) is 40.7 Å². The average Bonchev–Trinajstić information content (AvgIpc) is 2.37. The maximum absolute atomic E-state index is 10.7. The first kappa shape index (κ1) is 17.8. The fraction of sp³-hybridized carbons (Fsp3) is 0. The van der Waals surface area contributed by atoms with E-state index in [4.69, 9.17) is 0 Å². The van der Waals surface area contributed by atoms with E-state index >= 15 is 0 Å². The second kappa shape index (κ2) is 6.27. The molecule has 0 atom stereocenters. The van der Waals surface area contributed by atoms with Crippen molar-refractivity contribution in [3.63, 3.8) is 0 Å². The summed E-state index contributed by atoms with van der Waals surface area (Å²) in [6, 6.07) is 4.62. The maximum Gasteiger partial charge on any atom is 0.125 e. The number of nitrogens with zero attached hydrogens (tertiary/aromatic N) is 2. The van der Waals surface area contributed by atoms with Crippen molar-refractivity contribution in [1.82, 2.24) is 9.97 Å². The van der Waals surface area contributed by atoms with Gasteiger partial charge in [0.2, 0.25) is 0 Å². The predicted octanol–water partition coefficient (Wildman–Crippen LogP) is -0.0507. The van der Waals surface area contributed by atoms with Crippen molar-refractivity contribution in [1.29, 1.82) is 0 Å². The van der Waals surface area contributed by atoms with Gasteiger partial charge in [0, 0.05) is 32.8 Å². The van der Waals surface area contributed by atoms with E-state index in [-0.39, 0.29) is 31.8 Å². The third kappa shape index (κ3) is 4.37. The summed E-state index contributed by atoms with van der Waals surface area (Å²) in [5, 5.41) is 0. The van der Waals surface area contributed by atoms with Crippen LogP contribution in [0.25, 0.3) is 11.4 Å². The Morgan fingerprint density at radius 1 is 0.714 bits per heavy atom. The molecule has 11 heteroatoms. The Labute approximate surface area is 134 Å². The molecule has 0 aliphatic rings. The quantitative estimate of drug-likeness (QED) is 0.497. The summed E-state index contributed by atoms with van der Waals surface area (Å²) in [6.07, 6.45) is 1.75. The standard InChI is InChI=1S/C10H8N2O6S2.Pd/c13-19(14,15)7-1-3-9(11-5-7)10-4-2-8(6-12-10)20(16,17)18;/h1-6H,(H,13,14,15)(H,16,17,18);/p-2. The molecule has 0 spiro atoms. The number of rotatable bonds is 3. The molecule has 0 bridgehead atoms. The molecule has 0 N–H and O–H groups in total. The second-order valence-corrected chi connectivity index (χ2v) is 6.43. The summed E-state index contributed by atoms with van der Waals surface area (Å²) in [6.45, 7) is 0. The molecule has 0 saturated heterocycles. The van der Waals surface area contributed by atoms with Crippen LogP contribution in [0, 0.1) is 0 Å². The Balaban J connectivity index is 0.00000220. The van der Waals surface area contributed by atoms with Crippen molar-refractivity contribution in [3.8, 4) is 11.4 Å². The van der Waals surface area contributed by atoms with Crippen LogP contribution >= 0.6 is 0 Å². The van der Waals surface area contributed by atoms with Gasteiger partial charge < -0.3 is 9.11 Å². The predicted molar refractivity (Wildman–Crippen MR) is 63.4 cm³/mol. The van der Waals surface area contributed by atoms with E-state index < -0.39 is 30.0 Å². The van der Waals surface area contributed by atoms with Crippen molar-refractivity contribution in [2.24, 2.45) is 0 Å². The minimum Gasteiger partial charge on any atom is -0.744 e. The molecule has 2 aromatic rings. The minimum atomic E-state index is -4.58. The van der Waals surface area contributed by atoms with Gasteiger partial charge in [-0.05, 0) is 24.3 Å². The first-order valence-corrected chi connectivity index (χ1v) is 7.84. The van der Waals surface area contributed by atoms with Gasteiger partial charge in [-0.15, -0.1) is 0 Å².